The molecule has 2 unspecified atom stereocenters. The molecule has 2 amide bonds. The molecular formula is C14H26N2O3. The van der Waals surface area contributed by atoms with Crippen LogP contribution in [0.4, 0.5) is 4.79 Å². The quantitative estimate of drug-likeness (QED) is 0.717. The number of urea groups is 1. The van der Waals surface area contributed by atoms with Gasteiger partial charge in [0.25, 0.3) is 0 Å². The van der Waals surface area contributed by atoms with Crippen molar-refractivity contribution in [2.24, 2.45) is 11.3 Å². The summed E-state index contributed by atoms with van der Waals surface area (Å²) in [5.41, 5.74) is 0.288. The molecular weight excluding hydrogens is 244 g/mol. The molecule has 5 heteroatoms. The molecule has 2 atom stereocenters. The van der Waals surface area contributed by atoms with Crippen LogP contribution < -0.4 is 10.6 Å². The summed E-state index contributed by atoms with van der Waals surface area (Å²) >= 11 is 0. The second-order valence-corrected chi connectivity index (χ2v) is 6.67. The normalized spacial score (nSPS) is 23.1. The van der Waals surface area contributed by atoms with E-state index in [1.54, 1.807) is 0 Å². The number of carbonyl (C=O) groups excluding carboxylic acids is 1. The van der Waals surface area contributed by atoms with E-state index >= 15 is 0 Å². The van der Waals surface area contributed by atoms with Crippen molar-refractivity contribution in [3.05, 3.63) is 0 Å². The second-order valence-electron chi connectivity index (χ2n) is 6.67. The smallest absolute Gasteiger partial charge is 0.315 e. The third-order valence-electron chi connectivity index (χ3n) is 3.82. The summed E-state index contributed by atoms with van der Waals surface area (Å²) in [6, 6.07) is -0.373. The van der Waals surface area contributed by atoms with Gasteiger partial charge in [-0.3, -0.25) is 4.79 Å². The van der Waals surface area contributed by atoms with E-state index in [4.69, 9.17) is 5.11 Å². The summed E-state index contributed by atoms with van der Waals surface area (Å²) < 4.78 is 0. The van der Waals surface area contributed by atoms with Crippen LogP contribution in [-0.2, 0) is 4.79 Å². The molecule has 0 aromatic heterocycles. The van der Waals surface area contributed by atoms with E-state index in [1.807, 2.05) is 13.8 Å². The van der Waals surface area contributed by atoms with Crippen molar-refractivity contribution in [1.29, 1.82) is 0 Å². The fraction of sp³-hybridized carbons (Fsp3) is 0.857. The minimum Gasteiger partial charge on any atom is -0.481 e. The van der Waals surface area contributed by atoms with Gasteiger partial charge in [-0.25, -0.2) is 4.79 Å². The molecule has 19 heavy (non-hydrogen) atoms. The highest BCUT2D eigenvalue weighted by Gasteiger charge is 2.32. The minimum absolute atomic E-state index is 0.0404. The van der Waals surface area contributed by atoms with Gasteiger partial charge in [-0.1, -0.05) is 27.7 Å². The molecule has 0 aromatic rings. The first kappa shape index (κ1) is 15.8. The molecule has 5 nitrogen and oxygen atoms in total. The zero-order chi connectivity index (χ0) is 14.6. The summed E-state index contributed by atoms with van der Waals surface area (Å²) in [7, 11) is 0. The van der Waals surface area contributed by atoms with Gasteiger partial charge >= 0.3 is 12.0 Å². The number of carboxylic acids is 1. The van der Waals surface area contributed by atoms with E-state index in [1.165, 1.54) is 0 Å². The van der Waals surface area contributed by atoms with Crippen LogP contribution in [-0.4, -0.2) is 29.2 Å². The summed E-state index contributed by atoms with van der Waals surface area (Å²) in [5.74, 6) is -0.789. The molecule has 0 saturated heterocycles. The van der Waals surface area contributed by atoms with Crippen molar-refractivity contribution < 1.29 is 14.7 Å². The number of amides is 2. The van der Waals surface area contributed by atoms with Crippen LogP contribution in [0.5, 0.6) is 0 Å². The van der Waals surface area contributed by atoms with E-state index in [0.29, 0.717) is 0 Å². The van der Waals surface area contributed by atoms with Crippen LogP contribution >= 0.6 is 0 Å². The minimum atomic E-state index is -0.888. The van der Waals surface area contributed by atoms with Gasteiger partial charge in [0.05, 0.1) is 6.42 Å². The van der Waals surface area contributed by atoms with Crippen molar-refractivity contribution >= 4 is 12.0 Å². The number of rotatable bonds is 5. The Bertz CT molecular complexity index is 340. The Morgan fingerprint density at radius 1 is 1.37 bits per heavy atom. The van der Waals surface area contributed by atoms with Gasteiger partial charge in [0.15, 0.2) is 0 Å². The summed E-state index contributed by atoms with van der Waals surface area (Å²) in [4.78, 5) is 22.6. The van der Waals surface area contributed by atoms with Gasteiger partial charge in [0, 0.05) is 12.1 Å². The van der Waals surface area contributed by atoms with E-state index < -0.39 is 5.97 Å². The number of carboxylic acid groups (broad SMARTS) is 1. The first-order chi connectivity index (χ1) is 8.69. The number of hydrogen-bond donors (Lipinski definition) is 3. The maximum atomic E-state index is 11.9. The highest BCUT2D eigenvalue weighted by molar-refractivity contribution is 5.76. The lowest BCUT2D eigenvalue weighted by Gasteiger charge is -2.23. The SMILES string of the molecule is CC(C)C(CC(=O)O)NC(=O)NC1CCC(C)(C)C1. The Balaban J connectivity index is 2.43. The Kier molecular flexibility index (Phi) is 5.20. The topological polar surface area (TPSA) is 78.4 Å². The molecule has 1 aliphatic rings. The molecule has 1 fully saturated rings. The molecule has 1 aliphatic carbocycles. The van der Waals surface area contributed by atoms with Gasteiger partial charge in [0.2, 0.25) is 0 Å². The van der Waals surface area contributed by atoms with Crippen LogP contribution in [0.3, 0.4) is 0 Å². The zero-order valence-corrected chi connectivity index (χ0v) is 12.3. The third kappa shape index (κ3) is 5.49. The molecule has 110 valence electrons. The van der Waals surface area contributed by atoms with Crippen LogP contribution in [0.2, 0.25) is 0 Å². The number of hydrogen-bond acceptors (Lipinski definition) is 2. The molecule has 3 N–H and O–H groups in total. The van der Waals surface area contributed by atoms with Crippen molar-refractivity contribution in [3.8, 4) is 0 Å². The standard InChI is InChI=1S/C14H26N2O3/c1-9(2)11(7-12(17)18)16-13(19)15-10-5-6-14(3,4)8-10/h9-11H,5-8H2,1-4H3,(H,17,18)(H2,15,16,19). The third-order valence-corrected chi connectivity index (χ3v) is 3.82. The highest BCUT2D eigenvalue weighted by atomic mass is 16.4. The van der Waals surface area contributed by atoms with Gasteiger partial charge in [0.1, 0.15) is 0 Å². The average Bonchev–Trinajstić information content (AvgIpc) is 2.56. The molecule has 0 aliphatic heterocycles. The van der Waals surface area contributed by atoms with Crippen molar-refractivity contribution in [2.45, 2.75) is 65.5 Å². The fourth-order valence-corrected chi connectivity index (χ4v) is 2.60. The number of nitrogens with one attached hydrogen (secondary N) is 2. The summed E-state index contributed by atoms with van der Waals surface area (Å²) in [6.45, 7) is 8.22. The van der Waals surface area contributed by atoms with Gasteiger partial charge < -0.3 is 15.7 Å². The molecule has 0 aromatic carbocycles. The molecule has 0 heterocycles. The average molecular weight is 270 g/mol. The summed E-state index contributed by atoms with van der Waals surface area (Å²) in [6.07, 6.45) is 3.04. The second kappa shape index (κ2) is 6.26. The fourth-order valence-electron chi connectivity index (χ4n) is 2.60. The first-order valence-corrected chi connectivity index (χ1v) is 6.98. The van der Waals surface area contributed by atoms with Crippen molar-refractivity contribution in [1.82, 2.24) is 10.6 Å². The van der Waals surface area contributed by atoms with Crippen molar-refractivity contribution in [3.63, 3.8) is 0 Å². The van der Waals surface area contributed by atoms with Gasteiger partial charge in [-0.2, -0.15) is 0 Å². The molecule has 1 saturated carbocycles. The lowest BCUT2D eigenvalue weighted by Crippen LogP contribution is -2.48. The Morgan fingerprint density at radius 2 is 2.00 bits per heavy atom. The van der Waals surface area contributed by atoms with Crippen LogP contribution in [0.1, 0.15) is 53.4 Å². The lowest BCUT2D eigenvalue weighted by molar-refractivity contribution is -0.137. The monoisotopic (exact) mass is 270 g/mol. The molecule has 0 bridgehead atoms. The first-order valence-electron chi connectivity index (χ1n) is 6.98. The summed E-state index contributed by atoms with van der Waals surface area (Å²) in [5, 5.41) is 14.5. The van der Waals surface area contributed by atoms with E-state index in [-0.39, 0.29) is 35.9 Å². The van der Waals surface area contributed by atoms with E-state index in [9.17, 15) is 9.59 Å². The molecule has 1 rings (SSSR count). The van der Waals surface area contributed by atoms with Crippen LogP contribution in [0.15, 0.2) is 0 Å². The zero-order valence-electron chi connectivity index (χ0n) is 12.3. The maximum Gasteiger partial charge on any atom is 0.315 e. The van der Waals surface area contributed by atoms with E-state index in [0.717, 1.165) is 19.3 Å². The van der Waals surface area contributed by atoms with Gasteiger partial charge in [-0.15, -0.1) is 0 Å². The molecule has 0 radical (unpaired) electrons. The molecule has 0 spiro atoms. The van der Waals surface area contributed by atoms with Crippen molar-refractivity contribution in [2.75, 3.05) is 0 Å². The predicted molar refractivity (Wildman–Crippen MR) is 74.0 cm³/mol. The predicted octanol–water partition coefficient (Wildman–Crippen LogP) is 2.36. The Labute approximate surface area is 115 Å². The highest BCUT2D eigenvalue weighted by Crippen LogP contribution is 2.36. The Morgan fingerprint density at radius 3 is 2.42 bits per heavy atom. The number of aliphatic carboxylic acids is 1. The Hall–Kier alpha value is -1.26. The van der Waals surface area contributed by atoms with Crippen LogP contribution in [0.25, 0.3) is 0 Å². The van der Waals surface area contributed by atoms with Gasteiger partial charge in [-0.05, 0) is 30.6 Å². The van der Waals surface area contributed by atoms with Crippen LogP contribution in [0, 0.1) is 11.3 Å². The largest absolute Gasteiger partial charge is 0.481 e. The van der Waals surface area contributed by atoms with E-state index in [2.05, 4.69) is 24.5 Å². The maximum absolute atomic E-state index is 11.9. The number of carbonyl (C=O) groups is 2. The lowest BCUT2D eigenvalue weighted by atomic mass is 9.92.